The summed E-state index contributed by atoms with van der Waals surface area (Å²) in [5.74, 6) is 0.120. The first-order valence-corrected chi connectivity index (χ1v) is 3.09. The molecule has 0 saturated heterocycles. The Kier molecular flexibility index (Phi) is 1.71. The van der Waals surface area contributed by atoms with Gasteiger partial charge in [0.15, 0.2) is 0 Å². The maximum Gasteiger partial charge on any atom is 0.322 e. The van der Waals surface area contributed by atoms with Crippen molar-refractivity contribution in [2.24, 2.45) is 11.7 Å². The molecule has 0 unspecified atom stereocenters. The third-order valence-corrected chi connectivity index (χ3v) is 1.60. The van der Waals surface area contributed by atoms with Gasteiger partial charge in [0.05, 0.1) is 7.11 Å². The van der Waals surface area contributed by atoms with E-state index in [1.54, 1.807) is 0 Å². The summed E-state index contributed by atoms with van der Waals surface area (Å²) in [6.07, 6.45) is 2.16. The highest BCUT2D eigenvalue weighted by Crippen LogP contribution is 2.31. The number of ether oxygens (including phenoxy) is 1. The van der Waals surface area contributed by atoms with Crippen molar-refractivity contribution in [3.8, 4) is 0 Å². The average Bonchev–Trinajstić information content (AvgIpc) is 2.66. The maximum atomic E-state index is 10.6. The van der Waals surface area contributed by atoms with E-state index in [4.69, 9.17) is 5.73 Å². The molecule has 0 radical (unpaired) electrons. The zero-order valence-corrected chi connectivity index (χ0v) is 5.46. The number of carbonyl (C=O) groups is 1. The molecule has 0 aliphatic heterocycles. The van der Waals surface area contributed by atoms with Crippen LogP contribution in [0.5, 0.6) is 0 Å². The van der Waals surface area contributed by atoms with Crippen molar-refractivity contribution in [2.45, 2.75) is 18.9 Å². The average molecular weight is 129 g/mol. The van der Waals surface area contributed by atoms with Crippen molar-refractivity contribution in [3.05, 3.63) is 0 Å². The number of carbonyl (C=O) groups excluding carboxylic acids is 1. The molecule has 52 valence electrons. The van der Waals surface area contributed by atoms with E-state index in [9.17, 15) is 4.79 Å². The van der Waals surface area contributed by atoms with Gasteiger partial charge in [-0.15, -0.1) is 0 Å². The Morgan fingerprint density at radius 3 is 2.67 bits per heavy atom. The van der Waals surface area contributed by atoms with Crippen LogP contribution >= 0.6 is 0 Å². The number of nitrogens with two attached hydrogens (primary N) is 1. The lowest BCUT2D eigenvalue weighted by molar-refractivity contribution is -0.142. The summed E-state index contributed by atoms with van der Waals surface area (Å²) in [4.78, 5) is 10.6. The van der Waals surface area contributed by atoms with E-state index in [-0.39, 0.29) is 12.0 Å². The zero-order valence-electron chi connectivity index (χ0n) is 5.46. The SMILES string of the molecule is COC(=O)[C@@H](N)C1CC1. The van der Waals surface area contributed by atoms with Crippen molar-refractivity contribution in [3.63, 3.8) is 0 Å². The molecule has 1 saturated carbocycles. The van der Waals surface area contributed by atoms with Gasteiger partial charge in [-0.2, -0.15) is 0 Å². The van der Waals surface area contributed by atoms with E-state index < -0.39 is 0 Å². The zero-order chi connectivity index (χ0) is 6.85. The van der Waals surface area contributed by atoms with Crippen molar-refractivity contribution in [2.75, 3.05) is 7.11 Å². The third-order valence-electron chi connectivity index (χ3n) is 1.60. The van der Waals surface area contributed by atoms with Gasteiger partial charge in [0.1, 0.15) is 6.04 Å². The minimum atomic E-state index is -0.366. The fourth-order valence-electron chi connectivity index (χ4n) is 0.784. The van der Waals surface area contributed by atoms with Crippen LogP contribution in [0.4, 0.5) is 0 Å². The Labute approximate surface area is 54.2 Å². The monoisotopic (exact) mass is 129 g/mol. The fraction of sp³-hybridized carbons (Fsp3) is 0.833. The fourth-order valence-corrected chi connectivity index (χ4v) is 0.784. The summed E-state index contributed by atoms with van der Waals surface area (Å²) in [6, 6.07) is -0.366. The number of esters is 1. The molecule has 1 aliphatic carbocycles. The summed E-state index contributed by atoms with van der Waals surface area (Å²) in [7, 11) is 1.37. The molecule has 0 aromatic carbocycles. The normalized spacial score (nSPS) is 21.1. The topological polar surface area (TPSA) is 52.3 Å². The highest BCUT2D eigenvalue weighted by Gasteiger charge is 2.33. The first-order chi connectivity index (χ1) is 4.25. The number of hydrogen-bond donors (Lipinski definition) is 1. The maximum absolute atomic E-state index is 10.6. The second kappa shape index (κ2) is 2.35. The van der Waals surface area contributed by atoms with Gasteiger partial charge < -0.3 is 10.5 Å². The minimum absolute atomic E-state index is 0.280. The molecule has 9 heavy (non-hydrogen) atoms. The van der Waals surface area contributed by atoms with Crippen LogP contribution in [0.15, 0.2) is 0 Å². The third kappa shape index (κ3) is 1.42. The van der Waals surface area contributed by atoms with Crippen LogP contribution in [0, 0.1) is 5.92 Å². The minimum Gasteiger partial charge on any atom is -0.468 e. The molecule has 0 aromatic rings. The van der Waals surface area contributed by atoms with Gasteiger partial charge >= 0.3 is 5.97 Å². The lowest BCUT2D eigenvalue weighted by Crippen LogP contribution is -2.33. The van der Waals surface area contributed by atoms with Crippen molar-refractivity contribution < 1.29 is 9.53 Å². The van der Waals surface area contributed by atoms with Gasteiger partial charge in [-0.05, 0) is 18.8 Å². The molecular weight excluding hydrogens is 118 g/mol. The summed E-state index contributed by atoms with van der Waals surface area (Å²) in [5, 5.41) is 0. The molecule has 0 amide bonds. The molecule has 0 spiro atoms. The summed E-state index contributed by atoms with van der Waals surface area (Å²) < 4.78 is 4.45. The van der Waals surface area contributed by atoms with E-state index in [0.717, 1.165) is 12.8 Å². The van der Waals surface area contributed by atoms with Gasteiger partial charge in [-0.1, -0.05) is 0 Å². The summed E-state index contributed by atoms with van der Waals surface area (Å²) in [5.41, 5.74) is 5.46. The molecule has 0 bridgehead atoms. The molecule has 0 aromatic heterocycles. The molecule has 1 atom stereocenters. The summed E-state index contributed by atoms with van der Waals surface area (Å²) >= 11 is 0. The second-order valence-electron chi connectivity index (χ2n) is 2.39. The van der Waals surface area contributed by atoms with Crippen LogP contribution in [0.2, 0.25) is 0 Å². The van der Waals surface area contributed by atoms with E-state index >= 15 is 0 Å². The van der Waals surface area contributed by atoms with E-state index in [2.05, 4.69) is 4.74 Å². The van der Waals surface area contributed by atoms with Crippen LogP contribution in [0.1, 0.15) is 12.8 Å². The van der Waals surface area contributed by atoms with Crippen molar-refractivity contribution >= 4 is 5.97 Å². The van der Waals surface area contributed by atoms with Gasteiger partial charge in [0.2, 0.25) is 0 Å². The molecule has 1 rings (SSSR count). The Bertz CT molecular complexity index is 120. The molecule has 3 nitrogen and oxygen atoms in total. The van der Waals surface area contributed by atoms with Gasteiger partial charge in [0.25, 0.3) is 0 Å². The predicted octanol–water partition coefficient (Wildman–Crippen LogP) is -0.103. The quantitative estimate of drug-likeness (QED) is 0.529. The first kappa shape index (κ1) is 6.55. The van der Waals surface area contributed by atoms with Crippen LogP contribution < -0.4 is 5.73 Å². The Hall–Kier alpha value is -0.570. The van der Waals surface area contributed by atoms with Gasteiger partial charge in [0, 0.05) is 0 Å². The van der Waals surface area contributed by atoms with Gasteiger partial charge in [-0.25, -0.2) is 0 Å². The first-order valence-electron chi connectivity index (χ1n) is 3.09. The Morgan fingerprint density at radius 1 is 1.78 bits per heavy atom. The predicted molar refractivity (Wildman–Crippen MR) is 32.7 cm³/mol. The van der Waals surface area contributed by atoms with E-state index in [1.165, 1.54) is 7.11 Å². The standard InChI is InChI=1S/C6H11NO2/c1-9-6(8)5(7)4-2-3-4/h4-5H,2-3,7H2,1H3/t5-/m0/s1. The lowest BCUT2D eigenvalue weighted by Gasteiger charge is -2.05. The second-order valence-corrected chi connectivity index (χ2v) is 2.39. The number of hydrogen-bond acceptors (Lipinski definition) is 3. The van der Waals surface area contributed by atoms with Crippen molar-refractivity contribution in [1.29, 1.82) is 0 Å². The molecule has 3 heteroatoms. The molecule has 1 aliphatic rings. The van der Waals surface area contributed by atoms with Gasteiger partial charge in [-0.3, -0.25) is 4.79 Å². The van der Waals surface area contributed by atoms with E-state index in [1.807, 2.05) is 0 Å². The van der Waals surface area contributed by atoms with Crippen LogP contribution in [0.25, 0.3) is 0 Å². The number of rotatable bonds is 2. The highest BCUT2D eigenvalue weighted by atomic mass is 16.5. The number of methoxy groups -OCH3 is 1. The van der Waals surface area contributed by atoms with Crippen LogP contribution in [-0.2, 0) is 9.53 Å². The largest absolute Gasteiger partial charge is 0.468 e. The van der Waals surface area contributed by atoms with Crippen LogP contribution in [0.3, 0.4) is 0 Å². The molecular formula is C6H11NO2. The smallest absolute Gasteiger partial charge is 0.322 e. The Morgan fingerprint density at radius 2 is 2.33 bits per heavy atom. The summed E-state index contributed by atoms with van der Waals surface area (Å²) in [6.45, 7) is 0. The Balaban J connectivity index is 2.30. The van der Waals surface area contributed by atoms with Crippen LogP contribution in [-0.4, -0.2) is 19.1 Å². The van der Waals surface area contributed by atoms with Crippen molar-refractivity contribution in [1.82, 2.24) is 0 Å². The molecule has 2 N–H and O–H groups in total. The molecule has 1 fully saturated rings. The highest BCUT2D eigenvalue weighted by molar-refractivity contribution is 5.76. The van der Waals surface area contributed by atoms with E-state index in [0.29, 0.717) is 5.92 Å². The molecule has 0 heterocycles. The lowest BCUT2D eigenvalue weighted by atomic mass is 10.2.